The molecule has 0 aliphatic carbocycles. The van der Waals surface area contributed by atoms with E-state index < -0.39 is 0 Å². The average molecular weight is 267 g/mol. The van der Waals surface area contributed by atoms with Crippen LogP contribution in [0.1, 0.15) is 11.4 Å². The molecule has 2 rings (SSSR count). The van der Waals surface area contributed by atoms with E-state index in [9.17, 15) is 0 Å². The number of thioether (sulfide) groups is 1. The summed E-state index contributed by atoms with van der Waals surface area (Å²) in [5.74, 6) is 1.17. The van der Waals surface area contributed by atoms with Crippen molar-refractivity contribution in [2.24, 2.45) is 0 Å². The lowest BCUT2D eigenvalue weighted by molar-refractivity contribution is 0.994. The van der Waals surface area contributed by atoms with E-state index in [-0.39, 0.29) is 0 Å². The van der Waals surface area contributed by atoms with Gasteiger partial charge in [-0.3, -0.25) is 0 Å². The van der Waals surface area contributed by atoms with Crippen LogP contribution in [-0.4, -0.2) is 23.5 Å². The smallest absolute Gasteiger partial charge is 0.0907 e. The Kier molecular flexibility index (Phi) is 4.12. The maximum atomic E-state index is 6.02. The summed E-state index contributed by atoms with van der Waals surface area (Å²) < 4.78 is 1.16. The number of aryl methyl sites for hydroxylation is 1. The van der Waals surface area contributed by atoms with E-state index in [1.807, 2.05) is 30.8 Å². The Hall–Kier alpha value is -0.940. The molecule has 3 nitrogen and oxygen atoms in total. The Morgan fingerprint density at radius 2 is 2.29 bits per heavy atom. The van der Waals surface area contributed by atoms with Crippen LogP contribution in [0.25, 0.3) is 10.2 Å². The number of benzene rings is 1. The predicted octanol–water partition coefficient (Wildman–Crippen LogP) is 3.35. The number of nitrogens with one attached hydrogen (secondary N) is 1. The van der Waals surface area contributed by atoms with E-state index in [1.54, 1.807) is 11.3 Å². The fraction of sp³-hybridized carbons (Fsp3) is 0.417. The molecule has 17 heavy (non-hydrogen) atoms. The zero-order valence-corrected chi connectivity index (χ0v) is 11.8. The maximum absolute atomic E-state index is 6.02. The third kappa shape index (κ3) is 3.04. The van der Waals surface area contributed by atoms with Gasteiger partial charge >= 0.3 is 0 Å². The molecule has 92 valence electrons. The van der Waals surface area contributed by atoms with Crippen LogP contribution >= 0.6 is 23.1 Å². The lowest BCUT2D eigenvalue weighted by Gasteiger charge is -2.08. The van der Waals surface area contributed by atoms with Crippen LogP contribution in [0.15, 0.2) is 12.1 Å². The van der Waals surface area contributed by atoms with Crippen molar-refractivity contribution in [1.82, 2.24) is 4.98 Å². The molecule has 0 bridgehead atoms. The molecule has 5 heteroatoms. The van der Waals surface area contributed by atoms with Gasteiger partial charge in [0, 0.05) is 6.54 Å². The molecule has 0 radical (unpaired) electrons. The number of rotatable bonds is 5. The third-order valence-electron chi connectivity index (χ3n) is 2.51. The first-order valence-corrected chi connectivity index (χ1v) is 7.81. The van der Waals surface area contributed by atoms with Gasteiger partial charge in [-0.15, -0.1) is 11.3 Å². The summed E-state index contributed by atoms with van der Waals surface area (Å²) >= 11 is 3.55. The minimum Gasteiger partial charge on any atom is -0.397 e. The summed E-state index contributed by atoms with van der Waals surface area (Å²) in [4.78, 5) is 4.48. The van der Waals surface area contributed by atoms with E-state index in [2.05, 4.69) is 16.6 Å². The van der Waals surface area contributed by atoms with Crippen molar-refractivity contribution in [3.8, 4) is 0 Å². The van der Waals surface area contributed by atoms with Crippen molar-refractivity contribution < 1.29 is 0 Å². The molecule has 0 spiro atoms. The summed E-state index contributed by atoms with van der Waals surface area (Å²) in [5, 5.41) is 4.46. The molecular formula is C12H17N3S2. The number of hydrogen-bond donors (Lipinski definition) is 2. The Labute approximate surface area is 110 Å². The van der Waals surface area contributed by atoms with Crippen molar-refractivity contribution in [2.75, 3.05) is 29.6 Å². The van der Waals surface area contributed by atoms with E-state index >= 15 is 0 Å². The van der Waals surface area contributed by atoms with Crippen LogP contribution in [0, 0.1) is 6.92 Å². The summed E-state index contributed by atoms with van der Waals surface area (Å²) in [5.41, 5.74) is 8.87. The second-order valence-corrected chi connectivity index (χ2v) is 6.13. The molecule has 0 saturated carbocycles. The molecule has 0 atom stereocenters. The fourth-order valence-electron chi connectivity index (χ4n) is 1.70. The first kappa shape index (κ1) is 12.5. The van der Waals surface area contributed by atoms with Gasteiger partial charge in [-0.05, 0) is 37.5 Å². The fourth-order valence-corrected chi connectivity index (χ4v) is 2.99. The van der Waals surface area contributed by atoms with Crippen LogP contribution < -0.4 is 11.1 Å². The average Bonchev–Trinajstić information content (AvgIpc) is 2.63. The summed E-state index contributed by atoms with van der Waals surface area (Å²) in [6.07, 6.45) is 3.27. The highest BCUT2D eigenvalue weighted by Gasteiger charge is 2.05. The van der Waals surface area contributed by atoms with Crippen LogP contribution in [0.3, 0.4) is 0 Å². The van der Waals surface area contributed by atoms with Gasteiger partial charge in [0.1, 0.15) is 0 Å². The molecule has 3 N–H and O–H groups in total. The summed E-state index contributed by atoms with van der Waals surface area (Å²) in [6, 6.07) is 4.06. The van der Waals surface area contributed by atoms with Crippen molar-refractivity contribution >= 4 is 44.7 Å². The van der Waals surface area contributed by atoms with E-state index in [4.69, 9.17) is 5.73 Å². The standard InChI is InChI=1S/C12H17N3S2/c1-8-15-11-7-10(14-4-3-5-16-2)9(13)6-12(11)17-8/h6-7,14H,3-5,13H2,1-2H3. The number of fused-ring (bicyclic) bond motifs is 1. The number of aromatic nitrogens is 1. The summed E-state index contributed by atoms with van der Waals surface area (Å²) in [6.45, 7) is 2.98. The molecule has 2 aromatic rings. The molecule has 1 heterocycles. The Balaban J connectivity index is 2.13. The van der Waals surface area contributed by atoms with Crippen molar-refractivity contribution in [1.29, 1.82) is 0 Å². The first-order chi connectivity index (χ1) is 8.20. The minimum atomic E-state index is 0.810. The van der Waals surface area contributed by atoms with Gasteiger partial charge in [-0.2, -0.15) is 11.8 Å². The predicted molar refractivity (Wildman–Crippen MR) is 80.3 cm³/mol. The highest BCUT2D eigenvalue weighted by molar-refractivity contribution is 7.98. The molecular weight excluding hydrogens is 250 g/mol. The zero-order chi connectivity index (χ0) is 12.3. The minimum absolute atomic E-state index is 0.810. The molecule has 0 fully saturated rings. The van der Waals surface area contributed by atoms with Crippen molar-refractivity contribution in [3.63, 3.8) is 0 Å². The molecule has 1 aromatic carbocycles. The Morgan fingerprint density at radius 3 is 3.06 bits per heavy atom. The van der Waals surface area contributed by atoms with E-state index in [0.29, 0.717) is 0 Å². The second kappa shape index (κ2) is 5.60. The first-order valence-electron chi connectivity index (χ1n) is 5.60. The van der Waals surface area contributed by atoms with Gasteiger partial charge in [0.05, 0.1) is 26.6 Å². The highest BCUT2D eigenvalue weighted by Crippen LogP contribution is 2.29. The molecule has 0 unspecified atom stereocenters. The van der Waals surface area contributed by atoms with Gasteiger partial charge in [-0.1, -0.05) is 0 Å². The second-order valence-electron chi connectivity index (χ2n) is 3.91. The number of thiazole rings is 1. The molecule has 0 aliphatic heterocycles. The lowest BCUT2D eigenvalue weighted by atomic mass is 10.2. The zero-order valence-electron chi connectivity index (χ0n) is 10.1. The van der Waals surface area contributed by atoms with Crippen LogP contribution in [0.2, 0.25) is 0 Å². The van der Waals surface area contributed by atoms with E-state index in [0.717, 1.165) is 39.6 Å². The number of nitrogens with zero attached hydrogens (tertiary/aromatic N) is 1. The van der Waals surface area contributed by atoms with Crippen LogP contribution in [-0.2, 0) is 0 Å². The SMILES string of the molecule is CSCCCNc1cc2nc(C)sc2cc1N. The maximum Gasteiger partial charge on any atom is 0.0907 e. The Morgan fingerprint density at radius 1 is 1.47 bits per heavy atom. The van der Waals surface area contributed by atoms with Gasteiger partial charge in [0.25, 0.3) is 0 Å². The number of nitrogen functional groups attached to an aromatic ring is 1. The van der Waals surface area contributed by atoms with E-state index in [1.165, 1.54) is 5.75 Å². The van der Waals surface area contributed by atoms with Gasteiger partial charge in [0.15, 0.2) is 0 Å². The quantitative estimate of drug-likeness (QED) is 0.644. The Bertz CT molecular complexity index is 508. The van der Waals surface area contributed by atoms with Gasteiger partial charge < -0.3 is 11.1 Å². The van der Waals surface area contributed by atoms with Crippen molar-refractivity contribution in [3.05, 3.63) is 17.1 Å². The van der Waals surface area contributed by atoms with Crippen LogP contribution in [0.4, 0.5) is 11.4 Å². The lowest BCUT2D eigenvalue weighted by Crippen LogP contribution is -2.04. The summed E-state index contributed by atoms with van der Waals surface area (Å²) in [7, 11) is 0. The largest absolute Gasteiger partial charge is 0.397 e. The number of anilines is 2. The van der Waals surface area contributed by atoms with Crippen LogP contribution in [0.5, 0.6) is 0 Å². The van der Waals surface area contributed by atoms with Gasteiger partial charge in [0.2, 0.25) is 0 Å². The number of hydrogen-bond acceptors (Lipinski definition) is 5. The molecule has 1 aromatic heterocycles. The normalized spacial score (nSPS) is 10.9. The monoisotopic (exact) mass is 267 g/mol. The topological polar surface area (TPSA) is 50.9 Å². The molecule has 0 aliphatic rings. The number of nitrogens with two attached hydrogens (primary N) is 1. The molecule has 0 saturated heterocycles. The van der Waals surface area contributed by atoms with Gasteiger partial charge in [-0.25, -0.2) is 4.98 Å². The third-order valence-corrected chi connectivity index (χ3v) is 4.14. The highest BCUT2D eigenvalue weighted by atomic mass is 32.2. The molecule has 0 amide bonds. The van der Waals surface area contributed by atoms with Crippen molar-refractivity contribution in [2.45, 2.75) is 13.3 Å².